The number of hydrogen-bond donors (Lipinski definition) is 1. The van der Waals surface area contributed by atoms with Gasteiger partial charge in [-0.25, -0.2) is 10.2 Å². The van der Waals surface area contributed by atoms with Crippen molar-refractivity contribution in [3.05, 3.63) is 30.1 Å². The largest absolute Gasteiger partial charge is 0.443 e. The van der Waals surface area contributed by atoms with Crippen LogP contribution in [0, 0.1) is 0 Å². The number of nitrogens with zero attached hydrogens (tertiary/aromatic N) is 2. The molecule has 0 saturated carbocycles. The van der Waals surface area contributed by atoms with Gasteiger partial charge in [0.1, 0.15) is 5.60 Å². The van der Waals surface area contributed by atoms with Crippen molar-refractivity contribution in [1.82, 2.24) is 10.4 Å². The molecule has 0 aromatic carbocycles. The van der Waals surface area contributed by atoms with Crippen LogP contribution in [0.15, 0.2) is 29.6 Å². The Balaban J connectivity index is 2.41. The maximum Gasteiger partial charge on any atom is 0.428 e. The molecule has 1 amide bonds. The number of hydrogen-bond acceptors (Lipinski definition) is 4. The van der Waals surface area contributed by atoms with Crippen LogP contribution in [0.25, 0.3) is 0 Å². The first-order valence-corrected chi connectivity index (χ1v) is 4.89. The number of amides is 1. The minimum Gasteiger partial charge on any atom is -0.443 e. The summed E-state index contributed by atoms with van der Waals surface area (Å²) in [5, 5.41) is 3.74. The predicted molar refractivity (Wildman–Crippen MR) is 61.2 cm³/mol. The molecule has 1 N–H and O–H groups in total. The summed E-state index contributed by atoms with van der Waals surface area (Å²) in [5.41, 5.74) is 2.55. The molecule has 0 fully saturated rings. The van der Waals surface area contributed by atoms with Crippen LogP contribution in [0.1, 0.15) is 26.3 Å². The van der Waals surface area contributed by atoms with Crippen LogP contribution in [0.2, 0.25) is 0 Å². The minimum absolute atomic E-state index is 0.520. The zero-order valence-corrected chi connectivity index (χ0v) is 9.60. The lowest BCUT2D eigenvalue weighted by atomic mass is 10.2. The maximum atomic E-state index is 11.2. The van der Waals surface area contributed by atoms with Gasteiger partial charge in [0.05, 0.1) is 6.21 Å². The number of hydrazone groups is 1. The fraction of sp³-hybridized carbons (Fsp3) is 0.364. The molecule has 1 heterocycles. The second-order valence-corrected chi connectivity index (χ2v) is 4.16. The lowest BCUT2D eigenvalue weighted by molar-refractivity contribution is 0.0529. The second-order valence-electron chi connectivity index (χ2n) is 4.16. The van der Waals surface area contributed by atoms with Crippen molar-refractivity contribution < 1.29 is 9.53 Å². The Morgan fingerprint density at radius 3 is 2.88 bits per heavy atom. The van der Waals surface area contributed by atoms with Crippen LogP contribution in [-0.2, 0) is 4.74 Å². The SMILES string of the molecule is CC(C)(C)OC(=O)NN=Cc1cccnc1. The number of rotatable bonds is 2. The number of carbonyl (C=O) groups excluding carboxylic acids is 1. The van der Waals surface area contributed by atoms with Gasteiger partial charge in [0.25, 0.3) is 0 Å². The summed E-state index contributed by atoms with van der Waals surface area (Å²) in [6.45, 7) is 5.37. The van der Waals surface area contributed by atoms with E-state index in [2.05, 4.69) is 15.5 Å². The van der Waals surface area contributed by atoms with Crippen LogP contribution in [0.4, 0.5) is 4.79 Å². The summed E-state index contributed by atoms with van der Waals surface area (Å²) in [6.07, 6.45) is 4.23. The molecule has 1 aromatic heterocycles. The monoisotopic (exact) mass is 221 g/mol. The van der Waals surface area contributed by atoms with Crippen molar-refractivity contribution in [2.75, 3.05) is 0 Å². The Morgan fingerprint density at radius 2 is 2.31 bits per heavy atom. The zero-order valence-electron chi connectivity index (χ0n) is 9.60. The average molecular weight is 221 g/mol. The molecule has 0 aliphatic carbocycles. The summed E-state index contributed by atoms with van der Waals surface area (Å²) >= 11 is 0. The van der Waals surface area contributed by atoms with E-state index in [4.69, 9.17) is 4.74 Å². The Labute approximate surface area is 94.5 Å². The molecule has 86 valence electrons. The van der Waals surface area contributed by atoms with Crippen LogP contribution < -0.4 is 5.43 Å². The number of carbonyl (C=O) groups is 1. The zero-order chi connectivity index (χ0) is 12.0. The highest BCUT2D eigenvalue weighted by atomic mass is 16.6. The molecule has 1 aromatic rings. The Bertz CT molecular complexity index is 369. The van der Waals surface area contributed by atoms with Gasteiger partial charge >= 0.3 is 6.09 Å². The molecule has 1 rings (SSSR count). The normalized spacial score (nSPS) is 11.4. The van der Waals surface area contributed by atoms with E-state index in [0.717, 1.165) is 5.56 Å². The van der Waals surface area contributed by atoms with E-state index < -0.39 is 11.7 Å². The molecular formula is C11H15N3O2. The highest BCUT2D eigenvalue weighted by Crippen LogP contribution is 2.06. The molecule has 0 atom stereocenters. The molecule has 5 nitrogen and oxygen atoms in total. The first-order chi connectivity index (χ1) is 7.47. The van der Waals surface area contributed by atoms with E-state index in [1.54, 1.807) is 39.2 Å². The molecule has 0 radical (unpaired) electrons. The summed E-state index contributed by atoms with van der Waals surface area (Å²) in [7, 11) is 0. The Kier molecular flexibility index (Phi) is 3.99. The fourth-order valence-electron chi connectivity index (χ4n) is 0.913. The highest BCUT2D eigenvalue weighted by molar-refractivity contribution is 5.80. The minimum atomic E-state index is -0.576. The van der Waals surface area contributed by atoms with Gasteiger partial charge < -0.3 is 4.74 Å². The van der Waals surface area contributed by atoms with Crippen molar-refractivity contribution in [3.8, 4) is 0 Å². The quantitative estimate of drug-likeness (QED) is 0.613. The van der Waals surface area contributed by atoms with Gasteiger partial charge in [-0.2, -0.15) is 5.10 Å². The molecule has 0 aliphatic rings. The predicted octanol–water partition coefficient (Wildman–Crippen LogP) is 1.94. The summed E-state index contributed by atoms with van der Waals surface area (Å²) in [4.78, 5) is 15.1. The second kappa shape index (κ2) is 5.25. The third kappa shape index (κ3) is 5.09. The molecule has 5 heteroatoms. The van der Waals surface area contributed by atoms with Crippen molar-refractivity contribution in [3.63, 3.8) is 0 Å². The number of aromatic nitrogens is 1. The number of pyridine rings is 1. The standard InChI is InChI=1S/C11H15N3O2/c1-11(2,3)16-10(15)14-13-8-9-5-4-6-12-7-9/h4-8H,1-3H3,(H,14,15). The number of nitrogens with one attached hydrogen (secondary N) is 1. The average Bonchev–Trinajstić information content (AvgIpc) is 2.16. The lowest BCUT2D eigenvalue weighted by Gasteiger charge is -2.18. The van der Waals surface area contributed by atoms with Crippen molar-refractivity contribution in [2.24, 2.45) is 5.10 Å². The first kappa shape index (κ1) is 12.2. The van der Waals surface area contributed by atoms with Gasteiger partial charge in [0.2, 0.25) is 0 Å². The molecular weight excluding hydrogens is 206 g/mol. The van der Waals surface area contributed by atoms with Gasteiger partial charge in [0, 0.05) is 18.0 Å². The molecule has 0 aliphatic heterocycles. The summed E-state index contributed by atoms with van der Waals surface area (Å²) in [5.74, 6) is 0. The highest BCUT2D eigenvalue weighted by Gasteiger charge is 2.15. The smallest absolute Gasteiger partial charge is 0.428 e. The van der Waals surface area contributed by atoms with Crippen LogP contribution in [0.5, 0.6) is 0 Å². The lowest BCUT2D eigenvalue weighted by Crippen LogP contribution is -2.29. The molecule has 0 saturated heterocycles. The van der Waals surface area contributed by atoms with Gasteiger partial charge in [0.15, 0.2) is 0 Å². The fourth-order valence-corrected chi connectivity index (χ4v) is 0.913. The summed E-state index contributed by atoms with van der Waals surface area (Å²) in [6, 6.07) is 3.61. The van der Waals surface area contributed by atoms with Crippen LogP contribution in [-0.4, -0.2) is 22.9 Å². The van der Waals surface area contributed by atoms with Crippen molar-refractivity contribution >= 4 is 12.3 Å². The topological polar surface area (TPSA) is 63.6 Å². The summed E-state index contributed by atoms with van der Waals surface area (Å²) < 4.78 is 5.00. The molecule has 0 bridgehead atoms. The molecule has 0 unspecified atom stereocenters. The van der Waals surface area contributed by atoms with E-state index in [1.807, 2.05) is 6.07 Å². The van der Waals surface area contributed by atoms with E-state index in [9.17, 15) is 4.79 Å². The third-order valence-corrected chi connectivity index (χ3v) is 1.45. The van der Waals surface area contributed by atoms with Crippen molar-refractivity contribution in [1.29, 1.82) is 0 Å². The number of ether oxygens (including phenoxy) is 1. The van der Waals surface area contributed by atoms with Crippen LogP contribution in [0.3, 0.4) is 0 Å². The third-order valence-electron chi connectivity index (χ3n) is 1.45. The van der Waals surface area contributed by atoms with Gasteiger partial charge in [-0.15, -0.1) is 0 Å². The van der Waals surface area contributed by atoms with Gasteiger partial charge in [-0.1, -0.05) is 6.07 Å². The first-order valence-electron chi connectivity index (χ1n) is 4.89. The van der Waals surface area contributed by atoms with Crippen molar-refractivity contribution in [2.45, 2.75) is 26.4 Å². The molecule has 16 heavy (non-hydrogen) atoms. The van der Waals surface area contributed by atoms with E-state index in [-0.39, 0.29) is 0 Å². The Hall–Kier alpha value is -1.91. The van der Waals surface area contributed by atoms with E-state index >= 15 is 0 Å². The van der Waals surface area contributed by atoms with Gasteiger partial charge in [-0.3, -0.25) is 4.98 Å². The van der Waals surface area contributed by atoms with Crippen LogP contribution >= 0.6 is 0 Å². The van der Waals surface area contributed by atoms with E-state index in [0.29, 0.717) is 0 Å². The van der Waals surface area contributed by atoms with E-state index in [1.165, 1.54) is 6.21 Å². The molecule has 0 spiro atoms. The van der Waals surface area contributed by atoms with Gasteiger partial charge in [-0.05, 0) is 26.8 Å². The Morgan fingerprint density at radius 1 is 1.56 bits per heavy atom. The maximum absolute atomic E-state index is 11.2.